The molecule has 0 bridgehead atoms. The summed E-state index contributed by atoms with van der Waals surface area (Å²) in [7, 11) is 0. The van der Waals surface area contributed by atoms with Gasteiger partial charge in [-0.3, -0.25) is 20.2 Å². The van der Waals surface area contributed by atoms with Crippen LogP contribution in [0.3, 0.4) is 0 Å². The Morgan fingerprint density at radius 1 is 1.50 bits per heavy atom. The molecule has 0 saturated heterocycles. The molecule has 0 spiro atoms. The predicted octanol–water partition coefficient (Wildman–Crippen LogP) is -0.621. The standard InChI is InChI=1S/C8H12N4O4/c1-4(7(14)15)9-3-6(13)10-8-12-11-5(2)16-8/h4,9H,3H2,1-2H3,(H,14,15)(H,10,12,13)/t4-/m1/s1. The molecule has 1 aromatic rings. The van der Waals surface area contributed by atoms with Gasteiger partial charge in [0, 0.05) is 6.92 Å². The van der Waals surface area contributed by atoms with Crippen molar-refractivity contribution in [2.24, 2.45) is 0 Å². The molecule has 0 aliphatic rings. The second-order valence-corrected chi connectivity index (χ2v) is 3.12. The maximum atomic E-state index is 11.3. The van der Waals surface area contributed by atoms with E-state index in [1.54, 1.807) is 6.92 Å². The van der Waals surface area contributed by atoms with E-state index in [-0.39, 0.29) is 12.6 Å². The number of rotatable bonds is 5. The smallest absolute Gasteiger partial charge is 0.322 e. The van der Waals surface area contributed by atoms with E-state index in [4.69, 9.17) is 9.52 Å². The lowest BCUT2D eigenvalue weighted by Gasteiger charge is -2.07. The van der Waals surface area contributed by atoms with Crippen LogP contribution >= 0.6 is 0 Å². The molecule has 0 unspecified atom stereocenters. The minimum atomic E-state index is -1.03. The van der Waals surface area contributed by atoms with Crippen molar-refractivity contribution in [3.05, 3.63) is 5.89 Å². The van der Waals surface area contributed by atoms with Crippen LogP contribution in [0.15, 0.2) is 4.42 Å². The van der Waals surface area contributed by atoms with Gasteiger partial charge < -0.3 is 9.52 Å². The fourth-order valence-corrected chi connectivity index (χ4v) is 0.844. The van der Waals surface area contributed by atoms with Crippen LogP contribution in [0.2, 0.25) is 0 Å². The number of amides is 1. The third kappa shape index (κ3) is 3.65. The maximum absolute atomic E-state index is 11.3. The molecule has 0 aliphatic carbocycles. The van der Waals surface area contributed by atoms with Crippen molar-refractivity contribution >= 4 is 17.9 Å². The highest BCUT2D eigenvalue weighted by atomic mass is 16.4. The van der Waals surface area contributed by atoms with Crippen LogP contribution in [0.5, 0.6) is 0 Å². The Labute approximate surface area is 91.0 Å². The number of carbonyl (C=O) groups is 2. The molecule has 1 aromatic heterocycles. The van der Waals surface area contributed by atoms with E-state index in [0.717, 1.165) is 0 Å². The van der Waals surface area contributed by atoms with Crippen molar-refractivity contribution in [1.29, 1.82) is 0 Å². The van der Waals surface area contributed by atoms with Gasteiger partial charge in [0.05, 0.1) is 6.54 Å². The summed E-state index contributed by atoms with van der Waals surface area (Å²) in [5.74, 6) is -1.14. The molecule has 8 heteroatoms. The van der Waals surface area contributed by atoms with Gasteiger partial charge in [0.25, 0.3) is 0 Å². The lowest BCUT2D eigenvalue weighted by molar-refractivity contribution is -0.139. The van der Waals surface area contributed by atoms with Gasteiger partial charge in [-0.1, -0.05) is 5.10 Å². The van der Waals surface area contributed by atoms with Crippen molar-refractivity contribution < 1.29 is 19.1 Å². The highest BCUT2D eigenvalue weighted by molar-refractivity contribution is 5.90. The molecule has 0 aliphatic heterocycles. The van der Waals surface area contributed by atoms with Crippen molar-refractivity contribution in [3.63, 3.8) is 0 Å². The van der Waals surface area contributed by atoms with Crippen LogP contribution in [-0.4, -0.2) is 39.8 Å². The summed E-state index contributed by atoms with van der Waals surface area (Å²) in [4.78, 5) is 21.7. The first-order valence-electron chi connectivity index (χ1n) is 4.55. The number of carboxylic acids is 1. The molecule has 1 amide bonds. The third-order valence-corrected chi connectivity index (χ3v) is 1.71. The maximum Gasteiger partial charge on any atom is 0.322 e. The fraction of sp³-hybridized carbons (Fsp3) is 0.500. The number of hydrogen-bond donors (Lipinski definition) is 3. The van der Waals surface area contributed by atoms with Gasteiger partial charge in [0.15, 0.2) is 0 Å². The zero-order chi connectivity index (χ0) is 12.1. The Hall–Kier alpha value is -1.96. The molecule has 16 heavy (non-hydrogen) atoms. The van der Waals surface area contributed by atoms with Crippen molar-refractivity contribution in [1.82, 2.24) is 15.5 Å². The molecule has 0 fully saturated rings. The number of aliphatic carboxylic acids is 1. The van der Waals surface area contributed by atoms with E-state index in [1.165, 1.54) is 6.92 Å². The molecule has 0 aromatic carbocycles. The summed E-state index contributed by atoms with van der Waals surface area (Å²) in [6.07, 6.45) is 0. The average Bonchev–Trinajstić information content (AvgIpc) is 2.60. The number of anilines is 1. The first-order valence-corrected chi connectivity index (χ1v) is 4.55. The Morgan fingerprint density at radius 3 is 2.69 bits per heavy atom. The number of hydrogen-bond acceptors (Lipinski definition) is 6. The van der Waals surface area contributed by atoms with Gasteiger partial charge in [-0.05, 0) is 6.92 Å². The van der Waals surface area contributed by atoms with E-state index in [1.807, 2.05) is 0 Å². The quantitative estimate of drug-likeness (QED) is 0.614. The zero-order valence-corrected chi connectivity index (χ0v) is 8.85. The molecule has 1 rings (SSSR count). The minimum absolute atomic E-state index is 0.00715. The number of aromatic nitrogens is 2. The van der Waals surface area contributed by atoms with Gasteiger partial charge in [-0.25, -0.2) is 0 Å². The lowest BCUT2D eigenvalue weighted by Crippen LogP contribution is -2.39. The molecule has 1 heterocycles. The van der Waals surface area contributed by atoms with Crippen molar-refractivity contribution in [2.45, 2.75) is 19.9 Å². The molecule has 8 nitrogen and oxygen atoms in total. The molecular formula is C8H12N4O4. The Kier molecular flexibility index (Phi) is 3.95. The molecule has 0 saturated carbocycles. The van der Waals surface area contributed by atoms with Gasteiger partial charge in [0.1, 0.15) is 6.04 Å². The van der Waals surface area contributed by atoms with Crippen molar-refractivity contribution in [2.75, 3.05) is 11.9 Å². The minimum Gasteiger partial charge on any atom is -0.480 e. The number of carboxylic acid groups (broad SMARTS) is 1. The van der Waals surface area contributed by atoms with Crippen LogP contribution in [0, 0.1) is 6.92 Å². The second-order valence-electron chi connectivity index (χ2n) is 3.12. The summed E-state index contributed by atoms with van der Waals surface area (Å²) in [6.45, 7) is 2.88. The van der Waals surface area contributed by atoms with E-state index in [0.29, 0.717) is 5.89 Å². The first kappa shape index (κ1) is 12.1. The van der Waals surface area contributed by atoms with Crippen LogP contribution in [0.25, 0.3) is 0 Å². The Bertz CT molecular complexity index is 389. The summed E-state index contributed by atoms with van der Waals surface area (Å²) in [5.41, 5.74) is 0. The van der Waals surface area contributed by atoms with Crippen LogP contribution in [0.4, 0.5) is 6.01 Å². The van der Waals surface area contributed by atoms with Gasteiger partial charge in [-0.15, -0.1) is 5.10 Å². The summed E-state index contributed by atoms with van der Waals surface area (Å²) < 4.78 is 4.91. The summed E-state index contributed by atoms with van der Waals surface area (Å²) >= 11 is 0. The summed E-state index contributed by atoms with van der Waals surface area (Å²) in [5, 5.41) is 20.5. The average molecular weight is 228 g/mol. The molecule has 0 radical (unpaired) electrons. The van der Waals surface area contributed by atoms with Gasteiger partial charge in [-0.2, -0.15) is 0 Å². The number of nitrogens with zero attached hydrogens (tertiary/aromatic N) is 2. The van der Waals surface area contributed by atoms with Crippen molar-refractivity contribution in [3.8, 4) is 0 Å². The number of aryl methyl sites for hydroxylation is 1. The topological polar surface area (TPSA) is 117 Å². The van der Waals surface area contributed by atoms with E-state index >= 15 is 0 Å². The Balaban J connectivity index is 2.34. The largest absolute Gasteiger partial charge is 0.480 e. The molecule has 3 N–H and O–H groups in total. The first-order chi connectivity index (χ1) is 7.49. The molecule has 1 atom stereocenters. The van der Waals surface area contributed by atoms with Gasteiger partial charge in [0.2, 0.25) is 11.8 Å². The normalized spacial score (nSPS) is 12.1. The van der Waals surface area contributed by atoms with Crippen LogP contribution in [0.1, 0.15) is 12.8 Å². The monoisotopic (exact) mass is 228 g/mol. The third-order valence-electron chi connectivity index (χ3n) is 1.71. The van der Waals surface area contributed by atoms with Crippen LogP contribution in [-0.2, 0) is 9.59 Å². The van der Waals surface area contributed by atoms with E-state index in [9.17, 15) is 9.59 Å². The van der Waals surface area contributed by atoms with Crippen LogP contribution < -0.4 is 10.6 Å². The van der Waals surface area contributed by atoms with E-state index < -0.39 is 17.9 Å². The summed E-state index contributed by atoms with van der Waals surface area (Å²) in [6, 6.07) is -0.803. The van der Waals surface area contributed by atoms with Gasteiger partial charge >= 0.3 is 12.0 Å². The number of carbonyl (C=O) groups excluding carboxylic acids is 1. The highest BCUT2D eigenvalue weighted by Gasteiger charge is 2.13. The lowest BCUT2D eigenvalue weighted by atomic mass is 10.3. The Morgan fingerprint density at radius 2 is 2.19 bits per heavy atom. The predicted molar refractivity (Wildman–Crippen MR) is 52.8 cm³/mol. The highest BCUT2D eigenvalue weighted by Crippen LogP contribution is 2.02. The molecular weight excluding hydrogens is 216 g/mol. The SMILES string of the molecule is Cc1nnc(NC(=O)CN[C@H](C)C(=O)O)o1. The number of nitrogens with one attached hydrogen (secondary N) is 2. The zero-order valence-electron chi connectivity index (χ0n) is 8.85. The fourth-order valence-electron chi connectivity index (χ4n) is 0.844. The molecule has 88 valence electrons. The second kappa shape index (κ2) is 5.21. The van der Waals surface area contributed by atoms with E-state index in [2.05, 4.69) is 20.8 Å².